The van der Waals surface area contributed by atoms with Gasteiger partial charge in [0.1, 0.15) is 23.2 Å². The van der Waals surface area contributed by atoms with Crippen molar-refractivity contribution in [3.63, 3.8) is 0 Å². The van der Waals surface area contributed by atoms with Gasteiger partial charge in [-0.2, -0.15) is 5.26 Å². The summed E-state index contributed by atoms with van der Waals surface area (Å²) in [5.41, 5.74) is 3.19. The molecule has 0 fully saturated rings. The molecule has 0 radical (unpaired) electrons. The number of hydrogen-bond acceptors (Lipinski definition) is 3. The second kappa shape index (κ2) is 10.6. The van der Waals surface area contributed by atoms with Gasteiger partial charge in [0.15, 0.2) is 0 Å². The Kier molecular flexibility index (Phi) is 7.89. The summed E-state index contributed by atoms with van der Waals surface area (Å²) in [6.07, 6.45) is 1.85. The van der Waals surface area contributed by atoms with Gasteiger partial charge < -0.3 is 10.1 Å². The van der Waals surface area contributed by atoms with Crippen LogP contribution in [0.3, 0.4) is 0 Å². The third-order valence-electron chi connectivity index (χ3n) is 4.91. The molecule has 0 heterocycles. The number of rotatable bonds is 6. The Morgan fingerprint density at radius 3 is 2.69 bits per heavy atom. The van der Waals surface area contributed by atoms with Gasteiger partial charge in [-0.05, 0) is 82.6 Å². The van der Waals surface area contributed by atoms with Crippen LogP contribution in [0.5, 0.6) is 5.75 Å². The molecule has 4 nitrogen and oxygen atoms in total. The first-order valence-electron chi connectivity index (χ1n) is 9.62. The molecule has 1 N–H and O–H groups in total. The minimum absolute atomic E-state index is 0.0657. The van der Waals surface area contributed by atoms with Gasteiger partial charge in [0.25, 0.3) is 5.91 Å². The van der Waals surface area contributed by atoms with Crippen LogP contribution >= 0.6 is 34.2 Å². The molecule has 3 aromatic carbocycles. The van der Waals surface area contributed by atoms with E-state index in [1.165, 1.54) is 19.3 Å². The zero-order valence-corrected chi connectivity index (χ0v) is 20.3. The van der Waals surface area contributed by atoms with E-state index in [9.17, 15) is 14.4 Å². The molecule has 32 heavy (non-hydrogen) atoms. The summed E-state index contributed by atoms with van der Waals surface area (Å²) < 4.78 is 20.5. The van der Waals surface area contributed by atoms with Crippen LogP contribution in [0.1, 0.15) is 22.3 Å². The Morgan fingerprint density at radius 2 is 2.00 bits per heavy atom. The second-order valence-corrected chi connectivity index (χ2v) is 8.56. The number of nitriles is 1. The van der Waals surface area contributed by atoms with E-state index in [1.807, 2.05) is 12.1 Å². The summed E-state index contributed by atoms with van der Waals surface area (Å²) in [7, 11) is 1.53. The summed E-state index contributed by atoms with van der Waals surface area (Å²) in [6.45, 7) is 1.79. The van der Waals surface area contributed by atoms with Crippen molar-refractivity contribution in [2.45, 2.75) is 13.3 Å². The molecule has 0 aliphatic carbocycles. The third kappa shape index (κ3) is 5.47. The number of halogens is 3. The van der Waals surface area contributed by atoms with Gasteiger partial charge in [-0.25, -0.2) is 4.39 Å². The van der Waals surface area contributed by atoms with Gasteiger partial charge in [-0.1, -0.05) is 35.9 Å². The van der Waals surface area contributed by atoms with Crippen LogP contribution in [0, 0.1) is 27.6 Å². The summed E-state index contributed by atoms with van der Waals surface area (Å²) >= 11 is 8.25. The lowest BCUT2D eigenvalue weighted by Gasteiger charge is -2.13. The van der Waals surface area contributed by atoms with Crippen LogP contribution in [0.2, 0.25) is 5.02 Å². The Labute approximate surface area is 204 Å². The second-order valence-electron chi connectivity index (χ2n) is 6.99. The highest BCUT2D eigenvalue weighted by Gasteiger charge is 2.15. The first kappa shape index (κ1) is 23.8. The molecule has 7 heteroatoms. The van der Waals surface area contributed by atoms with E-state index in [1.54, 1.807) is 49.4 Å². The number of hydrogen-bond donors (Lipinski definition) is 1. The van der Waals surface area contributed by atoms with Crippen molar-refractivity contribution >= 4 is 51.9 Å². The number of nitrogens with zero attached hydrogens (tertiary/aromatic N) is 1. The fourth-order valence-electron chi connectivity index (χ4n) is 3.15. The van der Waals surface area contributed by atoms with Crippen LogP contribution in [0.15, 0.2) is 60.2 Å². The summed E-state index contributed by atoms with van der Waals surface area (Å²) in [5.74, 6) is -0.272. The van der Waals surface area contributed by atoms with Gasteiger partial charge in [0.05, 0.1) is 7.11 Å². The van der Waals surface area contributed by atoms with Gasteiger partial charge in [0.2, 0.25) is 0 Å². The third-order valence-corrected chi connectivity index (χ3v) is 6.29. The van der Waals surface area contributed by atoms with E-state index < -0.39 is 5.91 Å². The zero-order valence-electron chi connectivity index (χ0n) is 17.4. The standard InChI is InChI=1S/C25H19ClFIN2O2/c1-15-20(26)7-5-9-23(15)30-25(31)18(14-29)10-16-11-22(28)19(24(12-16)32-2)13-17-6-3-4-8-21(17)27/h3-12H,13H2,1-2H3,(H,30,31)/b18-10+. The molecule has 0 aliphatic heterocycles. The highest BCUT2D eigenvalue weighted by Crippen LogP contribution is 2.30. The van der Waals surface area contributed by atoms with Crippen molar-refractivity contribution in [2.75, 3.05) is 12.4 Å². The number of carbonyl (C=O) groups is 1. The smallest absolute Gasteiger partial charge is 0.266 e. The predicted octanol–water partition coefficient (Wildman–Crippen LogP) is 6.54. The van der Waals surface area contributed by atoms with E-state index in [2.05, 4.69) is 27.9 Å². The summed E-state index contributed by atoms with van der Waals surface area (Å²) in [4.78, 5) is 12.7. The first-order chi connectivity index (χ1) is 15.3. The highest BCUT2D eigenvalue weighted by molar-refractivity contribution is 14.1. The van der Waals surface area contributed by atoms with Crippen LogP contribution in [0.25, 0.3) is 6.08 Å². The van der Waals surface area contributed by atoms with Crippen LogP contribution < -0.4 is 10.1 Å². The fourth-order valence-corrected chi connectivity index (χ4v) is 4.14. The van der Waals surface area contributed by atoms with E-state index in [0.29, 0.717) is 39.6 Å². The van der Waals surface area contributed by atoms with E-state index in [0.717, 1.165) is 9.13 Å². The molecule has 3 aromatic rings. The lowest BCUT2D eigenvalue weighted by Crippen LogP contribution is -2.14. The first-order valence-corrected chi connectivity index (χ1v) is 11.1. The Morgan fingerprint density at radius 1 is 1.25 bits per heavy atom. The predicted molar refractivity (Wildman–Crippen MR) is 133 cm³/mol. The average molecular weight is 561 g/mol. The maximum Gasteiger partial charge on any atom is 0.266 e. The topological polar surface area (TPSA) is 62.1 Å². The van der Waals surface area contributed by atoms with E-state index in [-0.39, 0.29) is 11.4 Å². The van der Waals surface area contributed by atoms with Crippen molar-refractivity contribution in [1.29, 1.82) is 5.26 Å². The minimum Gasteiger partial charge on any atom is -0.496 e. The van der Waals surface area contributed by atoms with Gasteiger partial charge in [-0.15, -0.1) is 0 Å². The number of nitrogens with one attached hydrogen (secondary N) is 1. The Bertz CT molecular complexity index is 1250. The molecule has 0 bridgehead atoms. The number of methoxy groups -OCH3 is 1. The number of amides is 1. The molecular formula is C25H19ClFIN2O2. The number of anilines is 1. The van der Waals surface area contributed by atoms with E-state index >= 15 is 0 Å². The van der Waals surface area contributed by atoms with Crippen LogP contribution in [-0.2, 0) is 11.2 Å². The van der Waals surface area contributed by atoms with Crippen molar-refractivity contribution in [3.8, 4) is 11.8 Å². The van der Waals surface area contributed by atoms with Crippen LogP contribution in [-0.4, -0.2) is 13.0 Å². The Hall–Kier alpha value is -2.89. The molecule has 0 aliphatic rings. The molecule has 0 aromatic heterocycles. The molecule has 1 amide bonds. The normalized spacial score (nSPS) is 11.1. The molecule has 162 valence electrons. The van der Waals surface area contributed by atoms with Gasteiger partial charge in [0, 0.05) is 26.3 Å². The molecular weight excluding hydrogens is 542 g/mol. The quantitative estimate of drug-likeness (QED) is 0.212. The molecule has 0 unspecified atom stereocenters. The lowest BCUT2D eigenvalue weighted by molar-refractivity contribution is -0.112. The van der Waals surface area contributed by atoms with Crippen molar-refractivity contribution in [1.82, 2.24) is 0 Å². The van der Waals surface area contributed by atoms with Crippen molar-refractivity contribution in [2.24, 2.45) is 0 Å². The number of carbonyl (C=O) groups excluding carboxylic acids is 1. The average Bonchev–Trinajstić information content (AvgIpc) is 2.77. The molecule has 0 spiro atoms. The maximum absolute atomic E-state index is 14.1. The van der Waals surface area contributed by atoms with E-state index in [4.69, 9.17) is 16.3 Å². The Balaban J connectivity index is 1.91. The number of benzene rings is 3. The largest absolute Gasteiger partial charge is 0.496 e. The molecule has 0 saturated heterocycles. The van der Waals surface area contributed by atoms with Gasteiger partial charge in [-0.3, -0.25) is 4.79 Å². The SMILES string of the molecule is COc1cc(/C=C(\C#N)C(=O)Nc2cccc(Cl)c2C)cc(I)c1Cc1ccccc1F. The summed E-state index contributed by atoms with van der Waals surface area (Å²) in [6, 6.07) is 17.3. The summed E-state index contributed by atoms with van der Waals surface area (Å²) in [5, 5.41) is 12.8. The van der Waals surface area contributed by atoms with Crippen molar-refractivity contribution < 1.29 is 13.9 Å². The fraction of sp³-hybridized carbons (Fsp3) is 0.120. The van der Waals surface area contributed by atoms with Crippen molar-refractivity contribution in [3.05, 3.63) is 96.8 Å². The molecule has 0 saturated carbocycles. The zero-order chi connectivity index (χ0) is 23.3. The lowest BCUT2D eigenvalue weighted by atomic mass is 10.0. The monoisotopic (exact) mass is 560 g/mol. The molecule has 3 rings (SSSR count). The minimum atomic E-state index is -0.540. The maximum atomic E-state index is 14.1. The van der Waals surface area contributed by atoms with Crippen LogP contribution in [0.4, 0.5) is 10.1 Å². The van der Waals surface area contributed by atoms with Gasteiger partial charge >= 0.3 is 0 Å². The molecule has 0 atom stereocenters. The number of ether oxygens (including phenoxy) is 1. The highest BCUT2D eigenvalue weighted by atomic mass is 127.